The van der Waals surface area contributed by atoms with Crippen LogP contribution in [-0.4, -0.2) is 44.7 Å². The van der Waals surface area contributed by atoms with Gasteiger partial charge in [-0.1, -0.05) is 29.8 Å². The average Bonchev–Trinajstić information content (AvgIpc) is 2.40. The molecule has 0 saturated carbocycles. The van der Waals surface area contributed by atoms with Crippen molar-refractivity contribution in [3.8, 4) is 0 Å². The zero-order chi connectivity index (χ0) is 14.1. The van der Waals surface area contributed by atoms with E-state index in [1.807, 2.05) is 7.05 Å². The van der Waals surface area contributed by atoms with Gasteiger partial charge in [0, 0.05) is 27.2 Å². The Kier molecular flexibility index (Phi) is 6.97. The highest BCUT2D eigenvalue weighted by atomic mass is 16.5. The molecule has 0 atom stereocenters. The van der Waals surface area contributed by atoms with Crippen LogP contribution in [0.4, 0.5) is 0 Å². The lowest BCUT2D eigenvalue weighted by molar-refractivity contribution is 0.207. The van der Waals surface area contributed by atoms with Crippen molar-refractivity contribution in [2.24, 2.45) is 4.99 Å². The lowest BCUT2D eigenvalue weighted by Crippen LogP contribution is -2.38. The monoisotopic (exact) mass is 263 g/mol. The Morgan fingerprint density at radius 2 is 2.00 bits per heavy atom. The van der Waals surface area contributed by atoms with Crippen molar-refractivity contribution in [3.63, 3.8) is 0 Å². The number of nitrogens with zero attached hydrogens (tertiary/aromatic N) is 2. The molecular weight excluding hydrogens is 238 g/mol. The lowest BCUT2D eigenvalue weighted by atomic mass is 10.1. The second kappa shape index (κ2) is 8.53. The molecule has 0 spiro atoms. The molecule has 0 saturated heterocycles. The maximum Gasteiger partial charge on any atom is 0.194 e. The Labute approximate surface area is 116 Å². The molecule has 0 heterocycles. The van der Waals surface area contributed by atoms with E-state index >= 15 is 0 Å². The predicted molar refractivity (Wildman–Crippen MR) is 80.5 cm³/mol. The number of aliphatic imine (C=N–C) groups is 1. The van der Waals surface area contributed by atoms with Gasteiger partial charge in [-0.25, -0.2) is 0 Å². The van der Waals surface area contributed by atoms with Crippen LogP contribution in [0.15, 0.2) is 29.3 Å². The number of ether oxygens (including phenoxy) is 1. The van der Waals surface area contributed by atoms with Crippen LogP contribution in [0.5, 0.6) is 0 Å². The molecule has 0 aliphatic rings. The number of methoxy groups -OCH3 is 1. The van der Waals surface area contributed by atoms with Crippen LogP contribution in [0, 0.1) is 6.92 Å². The van der Waals surface area contributed by atoms with Crippen LogP contribution in [0.3, 0.4) is 0 Å². The average molecular weight is 263 g/mol. The molecule has 4 heteroatoms. The summed E-state index contributed by atoms with van der Waals surface area (Å²) in [6.45, 7) is 7.21. The van der Waals surface area contributed by atoms with Crippen LogP contribution >= 0.6 is 0 Å². The fourth-order valence-electron chi connectivity index (χ4n) is 1.75. The van der Waals surface area contributed by atoms with Gasteiger partial charge in [-0.05, 0) is 19.4 Å². The summed E-state index contributed by atoms with van der Waals surface area (Å²) in [5, 5.41) is 3.29. The van der Waals surface area contributed by atoms with Crippen LogP contribution in [0.25, 0.3) is 0 Å². The first-order valence-corrected chi connectivity index (χ1v) is 6.71. The highest BCUT2D eigenvalue weighted by Crippen LogP contribution is 2.06. The second-order valence-electron chi connectivity index (χ2n) is 4.57. The van der Waals surface area contributed by atoms with Gasteiger partial charge in [0.05, 0.1) is 13.2 Å². The molecule has 0 unspecified atom stereocenters. The summed E-state index contributed by atoms with van der Waals surface area (Å²) >= 11 is 0. The van der Waals surface area contributed by atoms with Crippen molar-refractivity contribution in [1.82, 2.24) is 10.2 Å². The second-order valence-corrected chi connectivity index (χ2v) is 4.57. The molecule has 1 aromatic carbocycles. The summed E-state index contributed by atoms with van der Waals surface area (Å²) in [5.41, 5.74) is 2.57. The van der Waals surface area contributed by atoms with Crippen molar-refractivity contribution in [3.05, 3.63) is 35.4 Å². The number of hydrogen-bond donors (Lipinski definition) is 1. The Morgan fingerprint density at radius 3 is 2.58 bits per heavy atom. The number of rotatable bonds is 6. The first-order chi connectivity index (χ1) is 9.17. The maximum atomic E-state index is 5.03. The van der Waals surface area contributed by atoms with Gasteiger partial charge in [-0.3, -0.25) is 4.99 Å². The fraction of sp³-hybridized carbons (Fsp3) is 0.533. The molecule has 106 valence electrons. The smallest absolute Gasteiger partial charge is 0.194 e. The van der Waals surface area contributed by atoms with E-state index in [9.17, 15) is 0 Å². The van der Waals surface area contributed by atoms with Crippen molar-refractivity contribution < 1.29 is 4.74 Å². The van der Waals surface area contributed by atoms with Crippen LogP contribution in [0.1, 0.15) is 18.1 Å². The Morgan fingerprint density at radius 1 is 1.32 bits per heavy atom. The standard InChI is InChI=1S/C15H25N3O/c1-5-16-15(17-10-11-19-4)18(3)12-14-8-6-13(2)7-9-14/h6-9H,5,10-12H2,1-4H3,(H,16,17). The number of nitrogens with one attached hydrogen (secondary N) is 1. The van der Waals surface area contributed by atoms with Gasteiger partial charge in [0.2, 0.25) is 0 Å². The summed E-state index contributed by atoms with van der Waals surface area (Å²) in [6.07, 6.45) is 0. The summed E-state index contributed by atoms with van der Waals surface area (Å²) in [4.78, 5) is 6.65. The predicted octanol–water partition coefficient (Wildman–Crippen LogP) is 2.04. The Bertz CT molecular complexity index is 387. The van der Waals surface area contributed by atoms with Gasteiger partial charge in [-0.15, -0.1) is 0 Å². The van der Waals surface area contributed by atoms with Gasteiger partial charge in [0.1, 0.15) is 0 Å². The first kappa shape index (κ1) is 15.5. The van der Waals surface area contributed by atoms with Gasteiger partial charge >= 0.3 is 0 Å². The van der Waals surface area contributed by atoms with E-state index in [0.29, 0.717) is 13.2 Å². The quantitative estimate of drug-likeness (QED) is 0.485. The molecule has 0 aromatic heterocycles. The minimum atomic E-state index is 0.646. The minimum Gasteiger partial charge on any atom is -0.383 e. The van der Waals surface area contributed by atoms with E-state index in [2.05, 4.69) is 53.3 Å². The SMILES string of the molecule is CCNC(=NCCOC)N(C)Cc1ccc(C)cc1. The molecule has 1 rings (SSSR count). The molecule has 4 nitrogen and oxygen atoms in total. The van der Waals surface area contributed by atoms with E-state index in [4.69, 9.17) is 4.74 Å². The molecular formula is C15H25N3O. The van der Waals surface area contributed by atoms with Gasteiger partial charge in [0.25, 0.3) is 0 Å². The zero-order valence-corrected chi connectivity index (χ0v) is 12.4. The van der Waals surface area contributed by atoms with E-state index < -0.39 is 0 Å². The van der Waals surface area contributed by atoms with Gasteiger partial charge in [-0.2, -0.15) is 0 Å². The summed E-state index contributed by atoms with van der Waals surface area (Å²) in [5.74, 6) is 0.917. The highest BCUT2D eigenvalue weighted by Gasteiger charge is 2.05. The van der Waals surface area contributed by atoms with Crippen molar-refractivity contribution >= 4 is 5.96 Å². The third-order valence-electron chi connectivity index (χ3n) is 2.79. The maximum absolute atomic E-state index is 5.03. The fourth-order valence-corrected chi connectivity index (χ4v) is 1.75. The molecule has 1 aromatic rings. The topological polar surface area (TPSA) is 36.9 Å². The van der Waals surface area contributed by atoms with Crippen LogP contribution in [0.2, 0.25) is 0 Å². The number of benzene rings is 1. The summed E-state index contributed by atoms with van der Waals surface area (Å²) in [7, 11) is 3.74. The van der Waals surface area contributed by atoms with Crippen LogP contribution in [-0.2, 0) is 11.3 Å². The number of hydrogen-bond acceptors (Lipinski definition) is 2. The molecule has 19 heavy (non-hydrogen) atoms. The van der Waals surface area contributed by atoms with Crippen LogP contribution < -0.4 is 5.32 Å². The largest absolute Gasteiger partial charge is 0.383 e. The first-order valence-electron chi connectivity index (χ1n) is 6.71. The molecule has 1 N–H and O–H groups in total. The molecule has 0 amide bonds. The van der Waals surface area contributed by atoms with E-state index in [-0.39, 0.29) is 0 Å². The molecule has 0 bridgehead atoms. The third-order valence-corrected chi connectivity index (χ3v) is 2.79. The summed E-state index contributed by atoms with van der Waals surface area (Å²) < 4.78 is 5.03. The van der Waals surface area contributed by atoms with Crippen molar-refractivity contribution in [1.29, 1.82) is 0 Å². The molecule has 0 radical (unpaired) electrons. The normalized spacial score (nSPS) is 11.5. The lowest BCUT2D eigenvalue weighted by Gasteiger charge is -2.22. The Hall–Kier alpha value is -1.55. The van der Waals surface area contributed by atoms with E-state index in [1.54, 1.807) is 7.11 Å². The molecule has 0 aliphatic carbocycles. The Balaban J connectivity index is 2.62. The highest BCUT2D eigenvalue weighted by molar-refractivity contribution is 5.79. The third kappa shape index (κ3) is 5.75. The van der Waals surface area contributed by atoms with Gasteiger partial charge in [0.15, 0.2) is 5.96 Å². The number of aryl methyl sites for hydroxylation is 1. The molecule has 0 aliphatic heterocycles. The minimum absolute atomic E-state index is 0.646. The van der Waals surface area contributed by atoms with Crippen molar-refractivity contribution in [2.45, 2.75) is 20.4 Å². The summed E-state index contributed by atoms with van der Waals surface area (Å²) in [6, 6.07) is 8.59. The van der Waals surface area contributed by atoms with E-state index in [1.165, 1.54) is 11.1 Å². The molecule has 0 fully saturated rings. The van der Waals surface area contributed by atoms with Crippen molar-refractivity contribution in [2.75, 3.05) is 33.9 Å². The van der Waals surface area contributed by atoms with E-state index in [0.717, 1.165) is 19.0 Å². The zero-order valence-electron chi connectivity index (χ0n) is 12.4. The van der Waals surface area contributed by atoms with Gasteiger partial charge < -0.3 is 15.0 Å². The number of guanidine groups is 1.